The summed E-state index contributed by atoms with van der Waals surface area (Å²) in [5.74, 6) is 1.07. The minimum Gasteiger partial charge on any atom is -0.490 e. The third-order valence-electron chi connectivity index (χ3n) is 6.49. The minimum absolute atomic E-state index is 0.195. The van der Waals surface area contributed by atoms with E-state index in [0.29, 0.717) is 5.92 Å². The van der Waals surface area contributed by atoms with Gasteiger partial charge in [0.1, 0.15) is 16.7 Å². The first kappa shape index (κ1) is 22.1. The topological polar surface area (TPSA) is 55.4 Å². The van der Waals surface area contributed by atoms with E-state index in [1.807, 2.05) is 19.1 Å². The van der Waals surface area contributed by atoms with Crippen LogP contribution in [0.3, 0.4) is 0 Å². The van der Waals surface area contributed by atoms with Crippen LogP contribution in [0.5, 0.6) is 5.75 Å². The number of carbonyl (C=O) groups excluding carboxylic acids is 1. The molecule has 1 N–H and O–H groups in total. The molecule has 2 fully saturated rings. The van der Waals surface area contributed by atoms with E-state index in [-0.39, 0.29) is 23.2 Å². The van der Waals surface area contributed by atoms with Crippen LogP contribution in [-0.2, 0) is 22.2 Å². The average Bonchev–Trinajstić information content (AvgIpc) is 3.29. The van der Waals surface area contributed by atoms with E-state index in [2.05, 4.69) is 48.9 Å². The van der Waals surface area contributed by atoms with Gasteiger partial charge in [0, 0.05) is 5.56 Å². The van der Waals surface area contributed by atoms with Crippen molar-refractivity contribution in [2.24, 2.45) is 0 Å². The first-order chi connectivity index (χ1) is 14.9. The highest BCUT2D eigenvalue weighted by molar-refractivity contribution is 7.85. The summed E-state index contributed by atoms with van der Waals surface area (Å²) in [6.07, 6.45) is 6.92. The van der Waals surface area contributed by atoms with E-state index in [4.69, 9.17) is 4.74 Å². The van der Waals surface area contributed by atoms with E-state index >= 15 is 0 Å². The average molecular weight is 440 g/mol. The van der Waals surface area contributed by atoms with Crippen molar-refractivity contribution in [2.75, 3.05) is 0 Å². The Kier molecular flexibility index (Phi) is 6.52. The van der Waals surface area contributed by atoms with Crippen LogP contribution in [0.25, 0.3) is 11.1 Å². The van der Waals surface area contributed by atoms with Gasteiger partial charge in [-0.05, 0) is 80.2 Å². The molecule has 1 unspecified atom stereocenters. The Balaban J connectivity index is 1.62. The molecule has 0 aliphatic heterocycles. The molecule has 0 saturated heterocycles. The molecule has 5 heteroatoms. The monoisotopic (exact) mass is 439 g/mol. The van der Waals surface area contributed by atoms with Gasteiger partial charge in [-0.15, -0.1) is 0 Å². The number of hydrogen-bond donors (Lipinski definition) is 1. The van der Waals surface area contributed by atoms with Crippen molar-refractivity contribution in [1.82, 2.24) is 4.72 Å². The Morgan fingerprint density at radius 2 is 1.84 bits per heavy atom. The van der Waals surface area contributed by atoms with Crippen LogP contribution in [-0.4, -0.2) is 21.0 Å². The summed E-state index contributed by atoms with van der Waals surface area (Å²) in [7, 11) is -1.31. The lowest BCUT2D eigenvalue weighted by atomic mass is 9.91. The molecule has 4 rings (SSSR count). The fourth-order valence-electron chi connectivity index (χ4n) is 4.24. The lowest BCUT2D eigenvalue weighted by molar-refractivity contribution is -0.118. The summed E-state index contributed by atoms with van der Waals surface area (Å²) in [6, 6.07) is 14.5. The highest BCUT2D eigenvalue weighted by Gasteiger charge is 2.44. The molecular weight excluding hydrogens is 406 g/mol. The van der Waals surface area contributed by atoms with Gasteiger partial charge in [-0.2, -0.15) is 0 Å². The Bertz CT molecular complexity index is 974. The number of rotatable bonds is 8. The quantitative estimate of drug-likeness (QED) is 0.576. The molecule has 1 atom stereocenters. The Morgan fingerprint density at radius 3 is 2.52 bits per heavy atom. The molecule has 0 radical (unpaired) electrons. The third kappa shape index (κ3) is 5.20. The highest BCUT2D eigenvalue weighted by Crippen LogP contribution is 2.40. The third-order valence-corrected chi connectivity index (χ3v) is 8.20. The molecule has 0 heterocycles. The zero-order valence-corrected chi connectivity index (χ0v) is 19.6. The van der Waals surface area contributed by atoms with Crippen molar-refractivity contribution in [3.8, 4) is 16.9 Å². The molecule has 2 saturated carbocycles. The number of hydrogen-bond acceptors (Lipinski definition) is 3. The van der Waals surface area contributed by atoms with Gasteiger partial charge in [-0.3, -0.25) is 9.52 Å². The first-order valence-electron chi connectivity index (χ1n) is 11.5. The van der Waals surface area contributed by atoms with Crippen LogP contribution in [0, 0.1) is 0 Å². The normalized spacial score (nSPS) is 18.7. The fourth-order valence-corrected chi connectivity index (χ4v) is 5.24. The van der Waals surface area contributed by atoms with Gasteiger partial charge in [0.15, 0.2) is 0 Å². The zero-order chi connectivity index (χ0) is 22.0. The molecule has 31 heavy (non-hydrogen) atoms. The van der Waals surface area contributed by atoms with Crippen molar-refractivity contribution >= 4 is 16.9 Å². The van der Waals surface area contributed by atoms with Crippen molar-refractivity contribution in [2.45, 2.75) is 82.5 Å². The van der Waals surface area contributed by atoms with Gasteiger partial charge in [-0.25, -0.2) is 4.21 Å². The van der Waals surface area contributed by atoms with Crippen molar-refractivity contribution in [1.29, 1.82) is 0 Å². The van der Waals surface area contributed by atoms with Crippen LogP contribution in [0.1, 0.15) is 76.3 Å². The zero-order valence-electron chi connectivity index (χ0n) is 18.8. The van der Waals surface area contributed by atoms with Crippen LogP contribution < -0.4 is 9.46 Å². The molecule has 2 aromatic carbocycles. The largest absolute Gasteiger partial charge is 0.490 e. The highest BCUT2D eigenvalue weighted by atomic mass is 32.2. The smallest absolute Gasteiger partial charge is 0.236 e. The summed E-state index contributed by atoms with van der Waals surface area (Å²) in [4.78, 5) is 12.5. The Morgan fingerprint density at radius 1 is 1.13 bits per heavy atom. The second kappa shape index (κ2) is 9.15. The molecule has 1 amide bonds. The molecule has 0 bridgehead atoms. The molecule has 166 valence electrons. The van der Waals surface area contributed by atoms with Crippen molar-refractivity contribution < 1.29 is 13.7 Å². The summed E-state index contributed by atoms with van der Waals surface area (Å²) in [5.41, 5.74) is 4.37. The van der Waals surface area contributed by atoms with Gasteiger partial charge in [0.25, 0.3) is 0 Å². The maximum atomic E-state index is 12.5. The number of ether oxygens (including phenoxy) is 1. The van der Waals surface area contributed by atoms with Gasteiger partial charge in [0.2, 0.25) is 5.91 Å². The number of nitrogens with one attached hydrogen (secondary N) is 1. The molecule has 2 aliphatic carbocycles. The van der Waals surface area contributed by atoms with E-state index in [1.54, 1.807) is 0 Å². The van der Waals surface area contributed by atoms with Gasteiger partial charge in [0.05, 0.1) is 17.3 Å². The lowest BCUT2D eigenvalue weighted by Crippen LogP contribution is -2.33. The van der Waals surface area contributed by atoms with Crippen molar-refractivity contribution in [3.05, 3.63) is 53.6 Å². The maximum absolute atomic E-state index is 12.5. The SMILES string of the molecule is CC(C)c1ccccc1-c1cc(CC(=O)NS(=O)C2(C)CC2)ccc1OC1CCCC1. The number of amides is 1. The molecule has 4 nitrogen and oxygen atoms in total. The van der Waals surface area contributed by atoms with Crippen LogP contribution in [0.15, 0.2) is 42.5 Å². The predicted molar refractivity (Wildman–Crippen MR) is 126 cm³/mol. The second-order valence-corrected chi connectivity index (χ2v) is 11.2. The maximum Gasteiger partial charge on any atom is 0.236 e. The lowest BCUT2D eigenvalue weighted by Gasteiger charge is -2.20. The first-order valence-corrected chi connectivity index (χ1v) is 12.6. The molecule has 2 aliphatic rings. The van der Waals surface area contributed by atoms with E-state index < -0.39 is 11.0 Å². The van der Waals surface area contributed by atoms with Gasteiger partial charge in [-0.1, -0.05) is 44.2 Å². The molecule has 2 aromatic rings. The summed E-state index contributed by atoms with van der Waals surface area (Å²) < 4.78 is 21.2. The van der Waals surface area contributed by atoms with Crippen LogP contribution >= 0.6 is 0 Å². The van der Waals surface area contributed by atoms with Crippen LogP contribution in [0.2, 0.25) is 0 Å². The Hall–Kier alpha value is -2.14. The predicted octanol–water partition coefficient (Wildman–Crippen LogP) is 5.67. The second-order valence-electron chi connectivity index (χ2n) is 9.52. The van der Waals surface area contributed by atoms with Gasteiger partial charge >= 0.3 is 0 Å². The minimum atomic E-state index is -1.31. The van der Waals surface area contributed by atoms with E-state index in [9.17, 15) is 9.00 Å². The molecule has 0 spiro atoms. The summed E-state index contributed by atoms with van der Waals surface area (Å²) >= 11 is 0. The Labute approximate surface area is 188 Å². The summed E-state index contributed by atoms with van der Waals surface area (Å²) in [5, 5.41) is 0. The number of benzene rings is 2. The van der Waals surface area contributed by atoms with E-state index in [0.717, 1.165) is 48.1 Å². The standard InChI is InChI=1S/C26H33NO3S/c1-18(2)21-10-6-7-11-22(21)23-16-19(12-13-24(23)30-20-8-4-5-9-20)17-25(28)27-31(29)26(3)14-15-26/h6-7,10-13,16,18,20H,4-5,8-9,14-15,17H2,1-3H3,(H,27,28). The van der Waals surface area contributed by atoms with Crippen LogP contribution in [0.4, 0.5) is 0 Å². The van der Waals surface area contributed by atoms with Crippen molar-refractivity contribution in [3.63, 3.8) is 0 Å². The summed E-state index contributed by atoms with van der Waals surface area (Å²) in [6.45, 7) is 6.35. The van der Waals surface area contributed by atoms with Gasteiger partial charge < -0.3 is 4.74 Å². The fraction of sp³-hybridized carbons (Fsp3) is 0.500. The number of carbonyl (C=O) groups is 1. The molecular formula is C26H33NO3S. The van der Waals surface area contributed by atoms with E-state index in [1.165, 1.54) is 18.4 Å². The molecule has 0 aromatic heterocycles.